The van der Waals surface area contributed by atoms with Gasteiger partial charge in [0.25, 0.3) is 0 Å². The lowest BCUT2D eigenvalue weighted by Crippen LogP contribution is -2.08. The van der Waals surface area contributed by atoms with Gasteiger partial charge < -0.3 is 9.13 Å². The molecule has 0 aliphatic rings. The second-order valence-corrected chi connectivity index (χ2v) is 24.7. The maximum Gasteiger partial charge on any atom is 0.212 e. The summed E-state index contributed by atoms with van der Waals surface area (Å²) in [6.45, 7) is 9.76. The molecule has 5 heterocycles. The highest BCUT2D eigenvalue weighted by Gasteiger charge is 2.31. The SMILES string of the molecule is [2H]c1c([2H])c([2H])c(-c2ccc3sc4c(ccc5c4c4cc(-c6c([2H])c([2H])c([2H])c([2H])c6[2H])ccc4n5-c4c([N+]#[C-])cc(-c5nc(-c6ccccc6)nc(-c6ccccc6)n5)c(-n5c6ccc(-c7c([2H])c([2H])c([2H])c([2H])c7[2H])cc6c6c7sc8ccc(-c9c([2H])c([2H])c([2H])c([2H])c9[2H])cc8c7ccc65)c4-c4c([2H])c([2H])c([2H])c([2H])c4[2H])c3c2)c([2H])c1[2H]. The van der Waals surface area contributed by atoms with Crippen molar-refractivity contribution in [2.45, 2.75) is 0 Å². The number of hydrogen-bond acceptors (Lipinski definition) is 5. The van der Waals surface area contributed by atoms with Crippen molar-refractivity contribution in [2.75, 3.05) is 0 Å². The molecule has 0 spiro atoms. The van der Waals surface area contributed by atoms with Crippen LogP contribution in [-0.4, -0.2) is 24.1 Å². The fourth-order valence-corrected chi connectivity index (χ4v) is 15.7. The summed E-state index contributed by atoms with van der Waals surface area (Å²) in [6, 6.07) is 32.0. The van der Waals surface area contributed by atoms with Crippen molar-refractivity contribution in [1.29, 1.82) is 0 Å². The van der Waals surface area contributed by atoms with Gasteiger partial charge in [-0.15, -0.1) is 22.7 Å². The molecule has 6 nitrogen and oxygen atoms in total. The first-order valence-electron chi connectivity index (χ1n) is 42.6. The van der Waals surface area contributed by atoms with Crippen LogP contribution in [0.5, 0.6) is 0 Å². The quantitative estimate of drug-likeness (QED) is 0.128. The van der Waals surface area contributed by atoms with Crippen molar-refractivity contribution in [2.24, 2.45) is 0 Å². The molecule has 0 fully saturated rings. The van der Waals surface area contributed by atoms with Gasteiger partial charge in [0.1, 0.15) is 0 Å². The minimum Gasteiger partial charge on any atom is -0.318 e. The number of rotatable bonds is 10. The Hall–Kier alpha value is -12.4. The summed E-state index contributed by atoms with van der Waals surface area (Å²) in [4.78, 5) is 20.1. The van der Waals surface area contributed by atoms with E-state index in [4.69, 9.17) is 36.9 Å². The van der Waals surface area contributed by atoms with Gasteiger partial charge in [-0.25, -0.2) is 19.8 Å². The first-order valence-corrected chi connectivity index (χ1v) is 31.8. The Morgan fingerprint density at radius 1 is 0.312 bits per heavy atom. The predicted molar refractivity (Wildman–Crippen MR) is 404 cm³/mol. The lowest BCUT2D eigenvalue weighted by Gasteiger charge is -2.24. The summed E-state index contributed by atoms with van der Waals surface area (Å²) < 4.78 is 234. The van der Waals surface area contributed by atoms with Crippen LogP contribution in [-0.2, 0) is 0 Å². The molecule has 446 valence electrons. The number of fused-ring (bicyclic) bond motifs is 14. The van der Waals surface area contributed by atoms with E-state index in [1.54, 1.807) is 155 Å². The van der Waals surface area contributed by atoms with Crippen LogP contribution in [0.4, 0.5) is 5.69 Å². The average molecular weight is 1280 g/mol. The fraction of sp³-hybridized carbons (Fsp3) is 0. The van der Waals surface area contributed by atoms with Crippen LogP contribution in [0.1, 0.15) is 34.3 Å². The van der Waals surface area contributed by atoms with Gasteiger partial charge in [0.05, 0.1) is 74.3 Å². The third-order valence-corrected chi connectivity index (χ3v) is 19.8. The highest BCUT2D eigenvalue weighted by molar-refractivity contribution is 7.27. The van der Waals surface area contributed by atoms with E-state index in [0.29, 0.717) is 95.2 Å². The molecule has 8 heteroatoms. The van der Waals surface area contributed by atoms with E-state index < -0.39 is 157 Å². The first kappa shape index (κ1) is 35.6. The minimum atomic E-state index is -0.790. The van der Waals surface area contributed by atoms with Crippen LogP contribution >= 0.6 is 22.7 Å². The maximum absolute atomic E-state index is 10.4. The molecule has 0 aliphatic heterocycles. The topological polar surface area (TPSA) is 52.9 Å². The highest BCUT2D eigenvalue weighted by atomic mass is 32.1. The van der Waals surface area contributed by atoms with Gasteiger partial charge in [-0.3, -0.25) is 0 Å². The van der Waals surface area contributed by atoms with E-state index in [2.05, 4.69) is 4.85 Å². The molecule has 0 aliphatic carbocycles. The Balaban J connectivity index is 1.03. The van der Waals surface area contributed by atoms with Gasteiger partial charge in [-0.2, -0.15) is 0 Å². The molecule has 5 aromatic heterocycles. The van der Waals surface area contributed by atoms with E-state index >= 15 is 0 Å². The number of hydrogen-bond donors (Lipinski definition) is 0. The number of benzene rings is 14. The molecule has 0 radical (unpaired) electrons. The second-order valence-electron chi connectivity index (χ2n) is 22.6. The molecule has 19 rings (SSSR count). The summed E-state index contributed by atoms with van der Waals surface area (Å²) >= 11 is 2.61. The molecular formula is C88H52N6S2. The monoisotopic (exact) mass is 1280 g/mol. The average Bonchev–Trinajstić information content (AvgIpc) is 1.55. The summed E-state index contributed by atoms with van der Waals surface area (Å²) in [5.74, 6) is 0.166. The summed E-state index contributed by atoms with van der Waals surface area (Å²) in [5, 5.41) is 3.86. The Labute approximate surface area is 595 Å². The van der Waals surface area contributed by atoms with E-state index in [1.807, 2.05) is 18.2 Å². The summed E-state index contributed by atoms with van der Waals surface area (Å²) in [5.41, 5.74) is 1.60. The van der Waals surface area contributed by atoms with E-state index in [9.17, 15) is 18.9 Å². The fourth-order valence-electron chi connectivity index (χ4n) is 13.3. The maximum atomic E-state index is 10.4. The molecule has 0 amide bonds. The zero-order chi connectivity index (χ0) is 85.1. The van der Waals surface area contributed by atoms with Crippen molar-refractivity contribution in [1.82, 2.24) is 24.1 Å². The Bertz CT molecular complexity index is 7790. The molecule has 0 N–H and O–H groups in total. The largest absolute Gasteiger partial charge is 0.318 e. The van der Waals surface area contributed by atoms with Crippen molar-refractivity contribution in [3.05, 3.63) is 326 Å². The van der Waals surface area contributed by atoms with Crippen LogP contribution < -0.4 is 0 Å². The molecule has 19 aromatic rings. The van der Waals surface area contributed by atoms with Gasteiger partial charge >= 0.3 is 0 Å². The van der Waals surface area contributed by atoms with Crippen LogP contribution in [0.25, 0.3) is 190 Å². The Morgan fingerprint density at radius 3 is 1.09 bits per heavy atom. The van der Waals surface area contributed by atoms with E-state index in [0.717, 1.165) is 0 Å². The molecule has 0 saturated carbocycles. The van der Waals surface area contributed by atoms with Gasteiger partial charge in [0.2, 0.25) is 5.69 Å². The predicted octanol–water partition coefficient (Wildman–Crippen LogP) is 24.7. The standard InChI is InChI=1S/C88H52N6S2/c1-89-72-53-71(88-91-86(59-33-19-7-20-34-59)90-87(92-88)60-35-21-8-22-36-60)82(93-73-43-37-61(54-23-9-2-10-24-54)51-69(73)80-75(93)45-41-65-67-49-63(56-27-13-4-14-28-56)39-47-77(67)95-84(65)80)79(58-31-17-6-18-32-58)83(72)94-74-44-38-62(55-25-11-3-12-26-55)52-70(74)81-76(94)46-42-66-68-50-64(57-29-15-5-16-30-57)40-48-78(68)96-85(66)81/h2-53H/i2D,3D,4D,5D,6D,9D,10D,11D,12D,13D,14D,15D,16D,17D,18D,23D,24D,25D,26D,27D,28D,29D,30D,31D,32D. The number of nitrogens with zero attached hydrogens (tertiary/aromatic N) is 6. The zero-order valence-electron chi connectivity index (χ0n) is 74.6. The second kappa shape index (κ2) is 22.4. The van der Waals surface area contributed by atoms with Gasteiger partial charge in [0.15, 0.2) is 17.5 Å². The highest BCUT2D eigenvalue weighted by Crippen LogP contribution is 2.54. The van der Waals surface area contributed by atoms with Crippen LogP contribution in [0, 0.1) is 6.57 Å². The molecule has 0 bridgehead atoms. The molecule has 0 saturated heterocycles. The first-order chi connectivity index (χ1) is 57.9. The Kier molecular flexibility index (Phi) is 8.32. The van der Waals surface area contributed by atoms with E-state index in [1.165, 1.54) is 22.7 Å². The minimum absolute atomic E-state index is 0.00701. The molecule has 96 heavy (non-hydrogen) atoms. The Morgan fingerprint density at radius 2 is 0.677 bits per heavy atom. The number of aromatic nitrogens is 5. The molecular weight excluding hydrogens is 1210 g/mol. The van der Waals surface area contributed by atoms with Crippen LogP contribution in [0.3, 0.4) is 0 Å². The van der Waals surface area contributed by atoms with Crippen molar-refractivity contribution >= 4 is 112 Å². The van der Waals surface area contributed by atoms with Crippen LogP contribution in [0.2, 0.25) is 0 Å². The van der Waals surface area contributed by atoms with Crippen molar-refractivity contribution < 1.29 is 34.3 Å². The van der Waals surface area contributed by atoms with Gasteiger partial charge in [-0.05, 0) is 117 Å². The molecule has 14 aromatic carbocycles. The molecule has 0 atom stereocenters. The lowest BCUT2D eigenvalue weighted by molar-refractivity contribution is 1.06. The lowest BCUT2D eigenvalue weighted by atomic mass is 9.94. The normalized spacial score (nSPS) is 15.4. The van der Waals surface area contributed by atoms with Crippen LogP contribution in [0.15, 0.2) is 315 Å². The third kappa shape index (κ3) is 8.94. The van der Waals surface area contributed by atoms with Crippen molar-refractivity contribution in [3.8, 4) is 101 Å². The smallest absolute Gasteiger partial charge is 0.212 e. The van der Waals surface area contributed by atoms with Gasteiger partial charge in [0, 0.05) is 84.1 Å². The summed E-state index contributed by atoms with van der Waals surface area (Å²) in [6.07, 6.45) is 0. The zero-order valence-corrected chi connectivity index (χ0v) is 51.2. The third-order valence-electron chi connectivity index (χ3n) is 17.4. The van der Waals surface area contributed by atoms with E-state index in [-0.39, 0.29) is 90.1 Å². The van der Waals surface area contributed by atoms with Crippen molar-refractivity contribution in [3.63, 3.8) is 0 Å². The molecule has 0 unspecified atom stereocenters. The number of thiophene rings is 2. The van der Waals surface area contributed by atoms with Gasteiger partial charge in [-0.1, -0.05) is 248 Å². The summed E-state index contributed by atoms with van der Waals surface area (Å²) in [7, 11) is 0.